The Labute approximate surface area is 283 Å². The fourth-order valence-electron chi connectivity index (χ4n) is 5.08. The Morgan fingerprint density at radius 2 is 0.979 bits per heavy atom. The predicted molar refractivity (Wildman–Crippen MR) is 182 cm³/mol. The van der Waals surface area contributed by atoms with Gasteiger partial charge >= 0.3 is 0 Å². The van der Waals surface area contributed by atoms with Crippen LogP contribution in [0.2, 0.25) is 0 Å². The first-order valence-electron chi connectivity index (χ1n) is 14.9. The summed E-state index contributed by atoms with van der Waals surface area (Å²) in [4.78, 5) is -0.773. The van der Waals surface area contributed by atoms with E-state index in [4.69, 9.17) is 9.47 Å². The quantitative estimate of drug-likeness (QED) is 0.165. The highest BCUT2D eigenvalue weighted by Gasteiger charge is 2.31. The van der Waals surface area contributed by atoms with Crippen molar-refractivity contribution in [3.63, 3.8) is 0 Å². The molecule has 48 heavy (non-hydrogen) atoms. The third-order valence-corrected chi connectivity index (χ3v) is 11.2. The van der Waals surface area contributed by atoms with Crippen LogP contribution >= 0.6 is 0 Å². The Morgan fingerprint density at radius 1 is 0.542 bits per heavy atom. The van der Waals surface area contributed by atoms with Crippen molar-refractivity contribution >= 4 is 30.1 Å². The SMILES string of the molecule is CC(C)(C)Oc1ccc(S(=O)(=O)c2ccc(Oc3ccc(C(C)(C)c4ccc(C(C)(C)C)c(S(=O)(=O)O)c4)cc3S(=O)(=O)O)cc2)cc1. The molecule has 2 N–H and O–H groups in total. The molecule has 13 heteroatoms. The van der Waals surface area contributed by atoms with Crippen LogP contribution in [0, 0.1) is 0 Å². The first-order chi connectivity index (χ1) is 21.8. The lowest BCUT2D eigenvalue weighted by atomic mass is 9.76. The van der Waals surface area contributed by atoms with E-state index in [9.17, 15) is 34.4 Å². The van der Waals surface area contributed by atoms with Crippen molar-refractivity contribution < 1.29 is 43.8 Å². The molecule has 10 nitrogen and oxygen atoms in total. The van der Waals surface area contributed by atoms with Crippen LogP contribution < -0.4 is 9.47 Å². The molecule has 0 radical (unpaired) electrons. The Morgan fingerprint density at radius 3 is 1.42 bits per heavy atom. The fourth-order valence-corrected chi connectivity index (χ4v) is 7.91. The standard InChI is InChI=1S/C35H40O10S3/c1-33(2,3)29-19-9-23(21-31(29)47(38,39)40)35(7,8)24-10-20-30(32(22-24)48(41,42)43)44-25-11-15-27(16-12-25)46(36,37)28-17-13-26(14-18-28)45-34(4,5)6/h9-22H,1-8H3,(H,38,39,40)(H,41,42,43). The van der Waals surface area contributed by atoms with Crippen LogP contribution in [0.15, 0.2) is 105 Å². The molecular weight excluding hydrogens is 677 g/mol. The van der Waals surface area contributed by atoms with E-state index >= 15 is 0 Å². The van der Waals surface area contributed by atoms with Crippen LogP contribution in [0.25, 0.3) is 0 Å². The molecule has 258 valence electrons. The summed E-state index contributed by atoms with van der Waals surface area (Å²) in [6.45, 7) is 14.6. The van der Waals surface area contributed by atoms with Crippen molar-refractivity contribution in [2.24, 2.45) is 0 Å². The maximum Gasteiger partial charge on any atom is 0.298 e. The Hall–Kier alpha value is -3.75. The molecule has 0 aliphatic rings. The molecule has 0 aromatic heterocycles. The van der Waals surface area contributed by atoms with Crippen molar-refractivity contribution in [3.05, 3.63) is 102 Å². The second kappa shape index (κ2) is 12.6. The Kier molecular flexibility index (Phi) is 9.74. The average Bonchev–Trinajstić information content (AvgIpc) is 2.95. The smallest absolute Gasteiger partial charge is 0.298 e. The molecule has 0 aliphatic carbocycles. The van der Waals surface area contributed by atoms with E-state index in [2.05, 4.69) is 0 Å². The minimum atomic E-state index is -4.83. The highest BCUT2D eigenvalue weighted by molar-refractivity contribution is 7.91. The number of benzene rings is 4. The summed E-state index contributed by atoms with van der Waals surface area (Å²) in [5.41, 5.74) is -0.773. The largest absolute Gasteiger partial charge is 0.488 e. The predicted octanol–water partition coefficient (Wildman–Crippen LogP) is 7.61. The molecule has 0 saturated carbocycles. The van der Waals surface area contributed by atoms with Crippen LogP contribution in [0.5, 0.6) is 17.2 Å². The maximum atomic E-state index is 13.2. The fraction of sp³-hybridized carbons (Fsp3) is 0.314. The number of hydrogen-bond donors (Lipinski definition) is 2. The van der Waals surface area contributed by atoms with Crippen molar-refractivity contribution in [1.82, 2.24) is 0 Å². The maximum absolute atomic E-state index is 13.2. The van der Waals surface area contributed by atoms with Gasteiger partial charge in [0.25, 0.3) is 20.2 Å². The van der Waals surface area contributed by atoms with E-state index in [1.54, 1.807) is 44.2 Å². The first kappa shape index (κ1) is 37.1. The van der Waals surface area contributed by atoms with Gasteiger partial charge in [0.15, 0.2) is 0 Å². The second-order valence-corrected chi connectivity index (χ2v) is 18.7. The molecule has 4 rings (SSSR count). The molecule has 4 aromatic carbocycles. The lowest BCUT2D eigenvalue weighted by Crippen LogP contribution is -2.22. The molecular formula is C35H40O10S3. The highest BCUT2D eigenvalue weighted by atomic mass is 32.2. The van der Waals surface area contributed by atoms with Gasteiger partial charge in [-0.25, -0.2) is 8.42 Å². The molecule has 4 aromatic rings. The Bertz CT molecular complexity index is 2160. The highest BCUT2D eigenvalue weighted by Crippen LogP contribution is 2.40. The lowest BCUT2D eigenvalue weighted by Gasteiger charge is -2.29. The van der Waals surface area contributed by atoms with Gasteiger partial charge < -0.3 is 9.47 Å². The van der Waals surface area contributed by atoms with Gasteiger partial charge in [-0.1, -0.05) is 52.8 Å². The number of ether oxygens (including phenoxy) is 2. The van der Waals surface area contributed by atoms with Crippen molar-refractivity contribution in [2.75, 3.05) is 0 Å². The van der Waals surface area contributed by atoms with E-state index in [1.165, 1.54) is 54.6 Å². The van der Waals surface area contributed by atoms with Gasteiger partial charge in [0.2, 0.25) is 9.84 Å². The zero-order valence-corrected chi connectivity index (χ0v) is 30.4. The van der Waals surface area contributed by atoms with E-state index in [0.717, 1.165) is 0 Å². The van der Waals surface area contributed by atoms with Gasteiger partial charge in [0.1, 0.15) is 27.7 Å². The normalized spacial score (nSPS) is 13.3. The van der Waals surface area contributed by atoms with Crippen molar-refractivity contribution in [3.8, 4) is 17.2 Å². The number of hydrogen-bond acceptors (Lipinski definition) is 8. The molecule has 0 amide bonds. The van der Waals surface area contributed by atoms with E-state index in [-0.39, 0.29) is 26.2 Å². The summed E-state index contributed by atoms with van der Waals surface area (Å²) >= 11 is 0. The lowest BCUT2D eigenvalue weighted by molar-refractivity contribution is 0.131. The van der Waals surface area contributed by atoms with E-state index in [0.29, 0.717) is 22.4 Å². The zero-order chi connectivity index (χ0) is 36.1. The average molecular weight is 717 g/mol. The van der Waals surface area contributed by atoms with Crippen LogP contribution in [-0.2, 0) is 40.9 Å². The summed E-state index contributed by atoms with van der Waals surface area (Å²) in [6, 6.07) is 20.2. The zero-order valence-electron chi connectivity index (χ0n) is 28.0. The monoisotopic (exact) mass is 716 g/mol. The third-order valence-electron chi connectivity index (χ3n) is 7.65. The van der Waals surface area contributed by atoms with Crippen LogP contribution in [0.3, 0.4) is 0 Å². The second-order valence-electron chi connectivity index (χ2n) is 14.0. The van der Waals surface area contributed by atoms with Crippen LogP contribution in [-0.4, -0.2) is 40.0 Å². The Balaban J connectivity index is 1.66. The van der Waals surface area contributed by atoms with E-state index < -0.39 is 51.4 Å². The summed E-state index contributed by atoms with van der Waals surface area (Å²) in [5, 5.41) is 0. The molecule has 0 bridgehead atoms. The summed E-state index contributed by atoms with van der Waals surface area (Å²) < 4.78 is 108. The van der Waals surface area contributed by atoms with Gasteiger partial charge in [0.05, 0.1) is 14.7 Å². The van der Waals surface area contributed by atoms with E-state index in [1.807, 2.05) is 41.5 Å². The summed E-state index contributed by atoms with van der Waals surface area (Å²) in [6.07, 6.45) is 0. The first-order valence-corrected chi connectivity index (χ1v) is 19.2. The van der Waals surface area contributed by atoms with Crippen LogP contribution in [0.4, 0.5) is 0 Å². The molecule has 0 heterocycles. The summed E-state index contributed by atoms with van der Waals surface area (Å²) in [7, 11) is -13.3. The molecule has 0 atom stereocenters. The van der Waals surface area contributed by atoms with Gasteiger partial charge in [-0.2, -0.15) is 16.8 Å². The number of rotatable bonds is 9. The molecule has 0 fully saturated rings. The molecule has 0 aliphatic heterocycles. The van der Waals surface area contributed by atoms with Gasteiger partial charge in [-0.05, 0) is 110 Å². The minimum absolute atomic E-state index is 0.0202. The summed E-state index contributed by atoms with van der Waals surface area (Å²) in [5.74, 6) is 0.412. The number of sulfone groups is 1. The molecule has 0 unspecified atom stereocenters. The minimum Gasteiger partial charge on any atom is -0.488 e. The molecule has 0 spiro atoms. The van der Waals surface area contributed by atoms with Crippen molar-refractivity contribution in [2.45, 2.75) is 91.4 Å². The van der Waals surface area contributed by atoms with Crippen molar-refractivity contribution in [1.29, 1.82) is 0 Å². The van der Waals surface area contributed by atoms with Gasteiger partial charge in [-0.3, -0.25) is 9.11 Å². The topological polar surface area (TPSA) is 161 Å². The van der Waals surface area contributed by atoms with Gasteiger partial charge in [0, 0.05) is 5.41 Å². The van der Waals surface area contributed by atoms with Crippen LogP contribution in [0.1, 0.15) is 72.1 Å². The third kappa shape index (κ3) is 8.27. The molecule has 0 saturated heterocycles. The van der Waals surface area contributed by atoms with Gasteiger partial charge in [-0.15, -0.1) is 0 Å².